The van der Waals surface area contributed by atoms with Crippen LogP contribution >= 0.6 is 11.3 Å². The molecule has 0 aromatic carbocycles. The highest BCUT2D eigenvalue weighted by Gasteiger charge is 2.22. The van der Waals surface area contributed by atoms with Crippen molar-refractivity contribution in [2.45, 2.75) is 57.4 Å². The molecule has 96 valence electrons. The van der Waals surface area contributed by atoms with E-state index in [0.717, 1.165) is 12.3 Å². The van der Waals surface area contributed by atoms with Crippen LogP contribution in [-0.2, 0) is 6.42 Å². The largest absolute Gasteiger partial charge is 0.271 e. The number of hydrogen-bond donors (Lipinski definition) is 2. The molecule has 1 aliphatic carbocycles. The fourth-order valence-electron chi connectivity index (χ4n) is 2.79. The average Bonchev–Trinajstić information content (AvgIpc) is 2.79. The lowest BCUT2D eigenvalue weighted by atomic mass is 9.85. The van der Waals surface area contributed by atoms with Crippen molar-refractivity contribution < 1.29 is 0 Å². The van der Waals surface area contributed by atoms with Crippen molar-refractivity contribution in [1.29, 1.82) is 0 Å². The smallest absolute Gasteiger partial charge is 0.0940 e. The standard InChI is InChI=1S/C13H23N3S/c14-16-12(10-13-15-8-9-17-13)11-6-4-2-1-3-5-7-11/h8-9,11-12,16H,1-7,10,14H2. The van der Waals surface area contributed by atoms with Gasteiger partial charge in [0.05, 0.1) is 5.01 Å². The van der Waals surface area contributed by atoms with Crippen LogP contribution in [0.1, 0.15) is 50.0 Å². The van der Waals surface area contributed by atoms with Crippen LogP contribution in [0.2, 0.25) is 0 Å². The Balaban J connectivity index is 1.90. The summed E-state index contributed by atoms with van der Waals surface area (Å²) in [6.07, 6.45) is 12.4. The maximum atomic E-state index is 5.74. The lowest BCUT2D eigenvalue weighted by molar-refractivity contribution is 0.285. The van der Waals surface area contributed by atoms with E-state index in [4.69, 9.17) is 5.84 Å². The highest BCUT2D eigenvalue weighted by molar-refractivity contribution is 7.09. The molecule has 1 saturated carbocycles. The number of aromatic nitrogens is 1. The van der Waals surface area contributed by atoms with Gasteiger partial charge in [0, 0.05) is 24.0 Å². The average molecular weight is 253 g/mol. The molecule has 4 heteroatoms. The highest BCUT2D eigenvalue weighted by Crippen LogP contribution is 2.26. The van der Waals surface area contributed by atoms with Crippen LogP contribution in [0.25, 0.3) is 0 Å². The third-order valence-electron chi connectivity index (χ3n) is 3.81. The van der Waals surface area contributed by atoms with Gasteiger partial charge >= 0.3 is 0 Å². The SMILES string of the molecule is NNC(Cc1nccs1)C1CCCCCCC1. The Hall–Kier alpha value is -0.450. The van der Waals surface area contributed by atoms with E-state index in [1.165, 1.54) is 50.0 Å². The van der Waals surface area contributed by atoms with Crippen molar-refractivity contribution in [2.75, 3.05) is 0 Å². The van der Waals surface area contributed by atoms with Crippen LogP contribution in [0.5, 0.6) is 0 Å². The van der Waals surface area contributed by atoms with Gasteiger partial charge in [-0.25, -0.2) is 4.98 Å². The molecule has 0 aliphatic heterocycles. The monoisotopic (exact) mass is 253 g/mol. The van der Waals surface area contributed by atoms with Gasteiger partial charge in [0.2, 0.25) is 0 Å². The summed E-state index contributed by atoms with van der Waals surface area (Å²) in [4.78, 5) is 4.36. The van der Waals surface area contributed by atoms with E-state index in [0.29, 0.717) is 6.04 Å². The van der Waals surface area contributed by atoms with Crippen LogP contribution in [0, 0.1) is 5.92 Å². The van der Waals surface area contributed by atoms with E-state index in [1.54, 1.807) is 11.3 Å². The summed E-state index contributed by atoms with van der Waals surface area (Å²) < 4.78 is 0. The lowest BCUT2D eigenvalue weighted by Gasteiger charge is -2.27. The second-order valence-corrected chi connectivity index (χ2v) is 5.99. The molecule has 1 fully saturated rings. The van der Waals surface area contributed by atoms with Crippen LogP contribution in [0.4, 0.5) is 0 Å². The number of nitrogens with zero attached hydrogens (tertiary/aromatic N) is 1. The molecular weight excluding hydrogens is 230 g/mol. The molecule has 1 aliphatic rings. The van der Waals surface area contributed by atoms with Gasteiger partial charge in [-0.05, 0) is 18.8 Å². The Morgan fingerprint density at radius 3 is 2.59 bits per heavy atom. The molecule has 0 spiro atoms. The fourth-order valence-corrected chi connectivity index (χ4v) is 3.47. The molecule has 1 aromatic rings. The summed E-state index contributed by atoms with van der Waals surface area (Å²) in [6, 6.07) is 0.402. The molecule has 1 unspecified atom stereocenters. The number of rotatable bonds is 4. The number of thiazole rings is 1. The molecule has 0 radical (unpaired) electrons. The Kier molecular flexibility index (Phi) is 5.42. The molecule has 2 rings (SSSR count). The first-order valence-corrected chi connectivity index (χ1v) is 7.62. The van der Waals surface area contributed by atoms with Crippen molar-refractivity contribution in [3.8, 4) is 0 Å². The second-order valence-electron chi connectivity index (χ2n) is 5.01. The van der Waals surface area contributed by atoms with Gasteiger partial charge in [0.25, 0.3) is 0 Å². The molecule has 0 saturated heterocycles. The fraction of sp³-hybridized carbons (Fsp3) is 0.769. The first kappa shape index (κ1) is 13.0. The predicted molar refractivity (Wildman–Crippen MR) is 72.7 cm³/mol. The molecule has 1 atom stereocenters. The summed E-state index contributed by atoms with van der Waals surface area (Å²) in [5.41, 5.74) is 3.02. The minimum Gasteiger partial charge on any atom is -0.271 e. The van der Waals surface area contributed by atoms with Gasteiger partial charge in [-0.3, -0.25) is 11.3 Å². The Labute approximate surface area is 108 Å². The predicted octanol–water partition coefficient (Wildman–Crippen LogP) is 2.88. The van der Waals surface area contributed by atoms with Crippen LogP contribution in [0.15, 0.2) is 11.6 Å². The summed E-state index contributed by atoms with van der Waals surface area (Å²) >= 11 is 1.73. The van der Waals surface area contributed by atoms with E-state index in [2.05, 4.69) is 10.4 Å². The van der Waals surface area contributed by atoms with Crippen molar-refractivity contribution in [3.63, 3.8) is 0 Å². The third-order valence-corrected chi connectivity index (χ3v) is 4.61. The number of nitrogens with one attached hydrogen (secondary N) is 1. The molecule has 1 heterocycles. The second kappa shape index (κ2) is 7.09. The number of hydrogen-bond acceptors (Lipinski definition) is 4. The molecule has 17 heavy (non-hydrogen) atoms. The maximum Gasteiger partial charge on any atom is 0.0940 e. The van der Waals surface area contributed by atoms with E-state index in [9.17, 15) is 0 Å². The molecule has 3 nitrogen and oxygen atoms in total. The van der Waals surface area contributed by atoms with Gasteiger partial charge < -0.3 is 0 Å². The molecule has 0 amide bonds. The van der Waals surface area contributed by atoms with Crippen molar-refractivity contribution >= 4 is 11.3 Å². The highest BCUT2D eigenvalue weighted by atomic mass is 32.1. The Bertz CT molecular complexity index is 292. The lowest BCUT2D eigenvalue weighted by Crippen LogP contribution is -2.42. The molecule has 0 bridgehead atoms. The zero-order chi connectivity index (χ0) is 11.9. The summed E-state index contributed by atoms with van der Waals surface area (Å²) in [7, 11) is 0. The van der Waals surface area contributed by atoms with Gasteiger partial charge in [0.1, 0.15) is 0 Å². The van der Waals surface area contributed by atoms with Gasteiger partial charge in [-0.1, -0.05) is 32.1 Å². The number of hydrazine groups is 1. The quantitative estimate of drug-likeness (QED) is 0.641. The van der Waals surface area contributed by atoms with Crippen molar-refractivity contribution in [3.05, 3.63) is 16.6 Å². The maximum absolute atomic E-state index is 5.74. The Morgan fingerprint density at radius 1 is 1.29 bits per heavy atom. The van der Waals surface area contributed by atoms with Gasteiger partial charge in [0.15, 0.2) is 0 Å². The molecular formula is C13H23N3S. The topological polar surface area (TPSA) is 50.9 Å². The zero-order valence-electron chi connectivity index (χ0n) is 10.4. The van der Waals surface area contributed by atoms with Crippen LogP contribution < -0.4 is 11.3 Å². The van der Waals surface area contributed by atoms with E-state index in [-0.39, 0.29) is 0 Å². The van der Waals surface area contributed by atoms with Crippen LogP contribution in [0.3, 0.4) is 0 Å². The molecule has 3 N–H and O–H groups in total. The Morgan fingerprint density at radius 2 is 2.00 bits per heavy atom. The van der Waals surface area contributed by atoms with Gasteiger partial charge in [-0.15, -0.1) is 11.3 Å². The van der Waals surface area contributed by atoms with E-state index in [1.807, 2.05) is 11.6 Å². The first-order chi connectivity index (χ1) is 8.40. The van der Waals surface area contributed by atoms with E-state index >= 15 is 0 Å². The van der Waals surface area contributed by atoms with E-state index < -0.39 is 0 Å². The van der Waals surface area contributed by atoms with Crippen molar-refractivity contribution in [2.24, 2.45) is 11.8 Å². The summed E-state index contributed by atoms with van der Waals surface area (Å²) in [5, 5.41) is 3.25. The normalized spacial score (nSPS) is 20.8. The summed E-state index contributed by atoms with van der Waals surface area (Å²) in [5.74, 6) is 6.46. The van der Waals surface area contributed by atoms with Crippen molar-refractivity contribution in [1.82, 2.24) is 10.4 Å². The zero-order valence-corrected chi connectivity index (χ0v) is 11.2. The summed E-state index contributed by atoms with van der Waals surface area (Å²) in [6.45, 7) is 0. The minimum atomic E-state index is 0.402. The molecule has 1 aromatic heterocycles. The van der Waals surface area contributed by atoms with Gasteiger partial charge in [-0.2, -0.15) is 0 Å². The number of nitrogens with two attached hydrogens (primary N) is 1. The first-order valence-electron chi connectivity index (χ1n) is 6.74. The van der Waals surface area contributed by atoms with Crippen LogP contribution in [-0.4, -0.2) is 11.0 Å². The minimum absolute atomic E-state index is 0.402. The third kappa shape index (κ3) is 4.05.